The molecule has 0 aromatic heterocycles. The summed E-state index contributed by atoms with van der Waals surface area (Å²) in [7, 11) is 1.65. The van der Waals surface area contributed by atoms with Gasteiger partial charge in [0.25, 0.3) is 0 Å². The van der Waals surface area contributed by atoms with Crippen LogP contribution in [0.5, 0.6) is 0 Å². The number of amides is 1. The van der Waals surface area contributed by atoms with E-state index in [1.165, 1.54) is 0 Å². The van der Waals surface area contributed by atoms with Gasteiger partial charge in [0, 0.05) is 20.2 Å². The van der Waals surface area contributed by atoms with Crippen LogP contribution in [0.2, 0.25) is 0 Å². The third-order valence-corrected chi connectivity index (χ3v) is 3.45. The van der Waals surface area contributed by atoms with E-state index in [-0.39, 0.29) is 17.9 Å². The SMILES string of the molecule is COC1CCCN(C(=O)C2CC2C(=O)O)C1. The number of hydrogen-bond acceptors (Lipinski definition) is 3. The highest BCUT2D eigenvalue weighted by Crippen LogP contribution is 2.40. The van der Waals surface area contributed by atoms with Gasteiger partial charge in [0.15, 0.2) is 0 Å². The molecule has 2 rings (SSSR count). The molecule has 0 aromatic rings. The number of carboxylic acids is 1. The zero-order valence-electron chi connectivity index (χ0n) is 9.39. The first kappa shape index (κ1) is 11.4. The molecule has 1 saturated carbocycles. The van der Waals surface area contributed by atoms with Crippen LogP contribution in [0.25, 0.3) is 0 Å². The Morgan fingerprint density at radius 1 is 1.38 bits per heavy atom. The quantitative estimate of drug-likeness (QED) is 0.755. The van der Waals surface area contributed by atoms with Crippen LogP contribution >= 0.6 is 0 Å². The van der Waals surface area contributed by atoms with E-state index in [0.717, 1.165) is 19.4 Å². The Morgan fingerprint density at radius 3 is 2.69 bits per heavy atom. The summed E-state index contributed by atoms with van der Waals surface area (Å²) in [6, 6.07) is 0. The van der Waals surface area contributed by atoms with E-state index in [2.05, 4.69) is 0 Å². The van der Waals surface area contributed by atoms with Crippen molar-refractivity contribution < 1.29 is 19.4 Å². The Balaban J connectivity index is 1.88. The van der Waals surface area contributed by atoms with Crippen LogP contribution in [0.4, 0.5) is 0 Å². The normalized spacial score (nSPS) is 33.6. The maximum absolute atomic E-state index is 11.9. The Hall–Kier alpha value is -1.10. The zero-order chi connectivity index (χ0) is 11.7. The standard InChI is InChI=1S/C11H17NO4/c1-16-7-3-2-4-12(6-7)10(13)8-5-9(8)11(14)15/h7-9H,2-6H2,1H3,(H,14,15). The topological polar surface area (TPSA) is 66.8 Å². The molecule has 2 aliphatic rings. The highest BCUT2D eigenvalue weighted by molar-refractivity contribution is 5.89. The molecule has 1 amide bonds. The molecule has 3 atom stereocenters. The van der Waals surface area contributed by atoms with Gasteiger partial charge in [0.2, 0.25) is 5.91 Å². The number of likely N-dealkylation sites (tertiary alicyclic amines) is 1. The van der Waals surface area contributed by atoms with Crippen LogP contribution < -0.4 is 0 Å². The minimum atomic E-state index is -0.848. The van der Waals surface area contributed by atoms with Gasteiger partial charge in [-0.3, -0.25) is 9.59 Å². The smallest absolute Gasteiger partial charge is 0.307 e. The van der Waals surface area contributed by atoms with Gasteiger partial charge in [-0.15, -0.1) is 0 Å². The van der Waals surface area contributed by atoms with Crippen molar-refractivity contribution in [1.29, 1.82) is 0 Å². The molecule has 1 N–H and O–H groups in total. The average Bonchev–Trinajstić information content (AvgIpc) is 3.08. The molecule has 90 valence electrons. The Kier molecular flexibility index (Phi) is 3.14. The first-order chi connectivity index (χ1) is 7.63. The number of rotatable bonds is 3. The predicted molar refractivity (Wildman–Crippen MR) is 55.8 cm³/mol. The van der Waals surface area contributed by atoms with Gasteiger partial charge in [0.1, 0.15) is 0 Å². The minimum Gasteiger partial charge on any atom is -0.481 e. The number of methoxy groups -OCH3 is 1. The van der Waals surface area contributed by atoms with Crippen LogP contribution in [0.15, 0.2) is 0 Å². The third kappa shape index (κ3) is 2.19. The fourth-order valence-electron chi connectivity index (χ4n) is 2.31. The second kappa shape index (κ2) is 4.41. The van der Waals surface area contributed by atoms with Gasteiger partial charge < -0.3 is 14.7 Å². The molecule has 16 heavy (non-hydrogen) atoms. The molecule has 1 aliphatic carbocycles. The van der Waals surface area contributed by atoms with Gasteiger partial charge in [-0.05, 0) is 19.3 Å². The molecule has 5 nitrogen and oxygen atoms in total. The van der Waals surface area contributed by atoms with E-state index >= 15 is 0 Å². The summed E-state index contributed by atoms with van der Waals surface area (Å²) in [4.78, 5) is 24.4. The second-order valence-electron chi connectivity index (χ2n) is 4.57. The van der Waals surface area contributed by atoms with Crippen molar-refractivity contribution >= 4 is 11.9 Å². The number of piperidine rings is 1. The second-order valence-corrected chi connectivity index (χ2v) is 4.57. The monoisotopic (exact) mass is 227 g/mol. The lowest BCUT2D eigenvalue weighted by molar-refractivity contribution is -0.143. The molecule has 5 heteroatoms. The van der Waals surface area contributed by atoms with Crippen molar-refractivity contribution in [3.8, 4) is 0 Å². The number of carbonyl (C=O) groups is 2. The van der Waals surface area contributed by atoms with Crippen molar-refractivity contribution in [3.05, 3.63) is 0 Å². The molecule has 1 saturated heterocycles. The lowest BCUT2D eigenvalue weighted by atomic mass is 10.1. The van der Waals surface area contributed by atoms with Crippen LogP contribution in [0.1, 0.15) is 19.3 Å². The molecule has 0 aromatic carbocycles. The number of carboxylic acid groups (broad SMARTS) is 1. The molecule has 3 unspecified atom stereocenters. The first-order valence-electron chi connectivity index (χ1n) is 5.68. The maximum atomic E-state index is 11.9. The summed E-state index contributed by atoms with van der Waals surface area (Å²) in [6.45, 7) is 1.35. The molecule has 0 spiro atoms. The lowest BCUT2D eigenvalue weighted by Gasteiger charge is -2.32. The van der Waals surface area contributed by atoms with Crippen LogP contribution in [0, 0.1) is 11.8 Å². The van der Waals surface area contributed by atoms with E-state index in [0.29, 0.717) is 13.0 Å². The van der Waals surface area contributed by atoms with E-state index in [1.807, 2.05) is 0 Å². The van der Waals surface area contributed by atoms with Crippen molar-refractivity contribution in [1.82, 2.24) is 4.90 Å². The maximum Gasteiger partial charge on any atom is 0.307 e. The van der Waals surface area contributed by atoms with Crippen LogP contribution in [-0.2, 0) is 14.3 Å². The van der Waals surface area contributed by atoms with Crippen LogP contribution in [0.3, 0.4) is 0 Å². The Morgan fingerprint density at radius 2 is 2.12 bits per heavy atom. The molecular formula is C11H17NO4. The average molecular weight is 227 g/mol. The van der Waals surface area contributed by atoms with Crippen molar-refractivity contribution in [2.75, 3.05) is 20.2 Å². The molecule has 2 fully saturated rings. The van der Waals surface area contributed by atoms with Gasteiger partial charge in [-0.1, -0.05) is 0 Å². The summed E-state index contributed by atoms with van der Waals surface area (Å²) in [5, 5.41) is 8.77. The molecule has 1 aliphatic heterocycles. The Bertz CT molecular complexity index is 304. The summed E-state index contributed by atoms with van der Waals surface area (Å²) < 4.78 is 5.24. The van der Waals surface area contributed by atoms with Gasteiger partial charge in [-0.25, -0.2) is 0 Å². The summed E-state index contributed by atoms with van der Waals surface area (Å²) in [6.07, 6.45) is 2.53. The first-order valence-corrected chi connectivity index (χ1v) is 5.68. The van der Waals surface area contributed by atoms with E-state index < -0.39 is 11.9 Å². The fourth-order valence-corrected chi connectivity index (χ4v) is 2.31. The minimum absolute atomic E-state index is 0.00542. The van der Waals surface area contributed by atoms with Gasteiger partial charge >= 0.3 is 5.97 Å². The fraction of sp³-hybridized carbons (Fsp3) is 0.818. The van der Waals surface area contributed by atoms with Crippen molar-refractivity contribution in [2.24, 2.45) is 11.8 Å². The van der Waals surface area contributed by atoms with E-state index in [4.69, 9.17) is 9.84 Å². The van der Waals surface area contributed by atoms with Crippen molar-refractivity contribution in [2.45, 2.75) is 25.4 Å². The van der Waals surface area contributed by atoms with Crippen molar-refractivity contribution in [3.63, 3.8) is 0 Å². The highest BCUT2D eigenvalue weighted by atomic mass is 16.5. The molecule has 0 bridgehead atoms. The number of aliphatic carboxylic acids is 1. The number of hydrogen-bond donors (Lipinski definition) is 1. The largest absolute Gasteiger partial charge is 0.481 e. The third-order valence-electron chi connectivity index (χ3n) is 3.45. The molecule has 1 heterocycles. The number of ether oxygens (including phenoxy) is 1. The summed E-state index contributed by atoms with van der Waals surface area (Å²) in [5.74, 6) is -1.59. The lowest BCUT2D eigenvalue weighted by Crippen LogP contribution is -2.43. The van der Waals surface area contributed by atoms with Gasteiger partial charge in [0.05, 0.1) is 17.9 Å². The Labute approximate surface area is 94.4 Å². The van der Waals surface area contributed by atoms with E-state index in [1.54, 1.807) is 12.0 Å². The highest BCUT2D eigenvalue weighted by Gasteiger charge is 2.50. The summed E-state index contributed by atoms with van der Waals surface area (Å²) in [5.41, 5.74) is 0. The summed E-state index contributed by atoms with van der Waals surface area (Å²) >= 11 is 0. The number of carbonyl (C=O) groups excluding carboxylic acids is 1. The predicted octanol–water partition coefficient (Wildman–Crippen LogP) is 0.344. The number of nitrogens with zero attached hydrogens (tertiary/aromatic N) is 1. The zero-order valence-corrected chi connectivity index (χ0v) is 9.39. The van der Waals surface area contributed by atoms with Crippen LogP contribution in [-0.4, -0.2) is 48.2 Å². The molecule has 0 radical (unpaired) electrons. The molecular weight excluding hydrogens is 210 g/mol. The van der Waals surface area contributed by atoms with E-state index in [9.17, 15) is 9.59 Å². The van der Waals surface area contributed by atoms with Gasteiger partial charge in [-0.2, -0.15) is 0 Å².